The van der Waals surface area contributed by atoms with Crippen molar-refractivity contribution in [3.8, 4) is 5.75 Å². The number of hydrogen-bond acceptors (Lipinski definition) is 2. The van der Waals surface area contributed by atoms with Gasteiger partial charge in [-0.1, -0.05) is 29.8 Å². The molecular weight excluding hydrogens is 277 g/mol. The van der Waals surface area contributed by atoms with Crippen LogP contribution >= 0.6 is 11.6 Å². The zero-order valence-corrected chi connectivity index (χ0v) is 11.7. The first kappa shape index (κ1) is 13.4. The van der Waals surface area contributed by atoms with Crippen LogP contribution in [0.15, 0.2) is 36.4 Å². The summed E-state index contributed by atoms with van der Waals surface area (Å²) in [6.07, 6.45) is 0.899. The van der Waals surface area contributed by atoms with E-state index in [0.29, 0.717) is 25.3 Å². The van der Waals surface area contributed by atoms with Crippen molar-refractivity contribution in [1.29, 1.82) is 0 Å². The highest BCUT2D eigenvalue weighted by Gasteiger charge is 2.17. The van der Waals surface area contributed by atoms with Gasteiger partial charge in [0.15, 0.2) is 0 Å². The van der Waals surface area contributed by atoms with Gasteiger partial charge in [-0.15, -0.1) is 0 Å². The van der Waals surface area contributed by atoms with Crippen molar-refractivity contribution < 1.29 is 9.13 Å². The fourth-order valence-electron chi connectivity index (χ4n) is 2.45. The molecule has 0 saturated heterocycles. The Hall–Kier alpha value is -1.58. The first-order valence-electron chi connectivity index (χ1n) is 6.62. The Balaban J connectivity index is 1.69. The highest BCUT2D eigenvalue weighted by molar-refractivity contribution is 6.30. The topological polar surface area (TPSA) is 21.3 Å². The number of nitrogens with one attached hydrogen (secondary N) is 1. The highest BCUT2D eigenvalue weighted by atomic mass is 35.5. The second-order valence-electron chi connectivity index (χ2n) is 4.85. The number of hydrogen-bond donors (Lipinski definition) is 1. The highest BCUT2D eigenvalue weighted by Crippen LogP contribution is 2.32. The van der Waals surface area contributed by atoms with E-state index in [0.717, 1.165) is 28.3 Å². The lowest BCUT2D eigenvalue weighted by Crippen LogP contribution is -2.14. The lowest BCUT2D eigenvalue weighted by Gasteiger charge is -2.10. The monoisotopic (exact) mass is 291 g/mol. The lowest BCUT2D eigenvalue weighted by atomic mass is 10.1. The van der Waals surface area contributed by atoms with Crippen molar-refractivity contribution in [3.63, 3.8) is 0 Å². The molecule has 0 radical (unpaired) electrons. The first-order valence-corrected chi connectivity index (χ1v) is 7.00. The summed E-state index contributed by atoms with van der Waals surface area (Å²) in [7, 11) is 0. The molecule has 0 unspecified atom stereocenters. The minimum Gasteiger partial charge on any atom is -0.493 e. The number of ether oxygens (including phenoxy) is 1. The van der Waals surface area contributed by atoms with Gasteiger partial charge in [-0.25, -0.2) is 4.39 Å². The summed E-state index contributed by atoms with van der Waals surface area (Å²) in [6.45, 7) is 1.79. The molecule has 2 nitrogen and oxygen atoms in total. The summed E-state index contributed by atoms with van der Waals surface area (Å²) in [5, 5.41) is 3.96. The van der Waals surface area contributed by atoms with Crippen molar-refractivity contribution in [2.45, 2.75) is 19.5 Å². The van der Waals surface area contributed by atoms with E-state index in [4.69, 9.17) is 16.3 Å². The molecule has 2 aromatic carbocycles. The lowest BCUT2D eigenvalue weighted by molar-refractivity contribution is 0.352. The zero-order valence-electron chi connectivity index (χ0n) is 11.0. The fourth-order valence-corrected chi connectivity index (χ4v) is 2.71. The summed E-state index contributed by atoms with van der Waals surface area (Å²) < 4.78 is 19.2. The molecule has 1 heterocycles. The molecule has 20 heavy (non-hydrogen) atoms. The smallest absolute Gasteiger partial charge is 0.127 e. The molecule has 0 bridgehead atoms. The van der Waals surface area contributed by atoms with Crippen molar-refractivity contribution >= 4 is 11.6 Å². The van der Waals surface area contributed by atoms with Gasteiger partial charge in [-0.2, -0.15) is 0 Å². The van der Waals surface area contributed by atoms with E-state index in [1.165, 1.54) is 6.07 Å². The summed E-state index contributed by atoms with van der Waals surface area (Å²) in [6, 6.07) is 10.6. The third-order valence-corrected chi connectivity index (χ3v) is 3.63. The fraction of sp³-hybridized carbons (Fsp3) is 0.250. The third kappa shape index (κ3) is 2.79. The quantitative estimate of drug-likeness (QED) is 0.927. The van der Waals surface area contributed by atoms with Crippen LogP contribution in [0, 0.1) is 5.82 Å². The molecule has 0 aromatic heterocycles. The van der Waals surface area contributed by atoms with Crippen molar-refractivity contribution in [2.24, 2.45) is 0 Å². The van der Waals surface area contributed by atoms with Gasteiger partial charge in [0.05, 0.1) is 6.61 Å². The summed E-state index contributed by atoms with van der Waals surface area (Å²) in [5.74, 6) is 0.739. The molecule has 0 spiro atoms. The van der Waals surface area contributed by atoms with Crippen LogP contribution in [0.3, 0.4) is 0 Å². The van der Waals surface area contributed by atoms with Crippen LogP contribution < -0.4 is 10.1 Å². The third-order valence-electron chi connectivity index (χ3n) is 3.41. The van der Waals surface area contributed by atoms with Gasteiger partial charge < -0.3 is 10.1 Å². The normalized spacial score (nSPS) is 13.1. The first-order chi connectivity index (χ1) is 9.74. The predicted molar refractivity (Wildman–Crippen MR) is 77.6 cm³/mol. The van der Waals surface area contributed by atoms with Crippen LogP contribution in [-0.4, -0.2) is 6.61 Å². The second kappa shape index (κ2) is 5.81. The number of rotatable bonds is 4. The Morgan fingerprint density at radius 2 is 1.95 bits per heavy atom. The SMILES string of the molecule is Fc1ccccc1CNCc1cc(Cl)cc2c1OCC2. The van der Waals surface area contributed by atoms with Gasteiger partial charge >= 0.3 is 0 Å². The van der Waals surface area contributed by atoms with E-state index < -0.39 is 0 Å². The molecule has 0 amide bonds. The summed E-state index contributed by atoms with van der Waals surface area (Å²) in [4.78, 5) is 0. The van der Waals surface area contributed by atoms with Crippen LogP contribution in [0.2, 0.25) is 5.02 Å². The van der Waals surface area contributed by atoms with Gasteiger partial charge in [0.1, 0.15) is 11.6 Å². The maximum Gasteiger partial charge on any atom is 0.127 e. The van der Waals surface area contributed by atoms with Crippen LogP contribution in [0.4, 0.5) is 4.39 Å². The van der Waals surface area contributed by atoms with Crippen LogP contribution in [-0.2, 0) is 19.5 Å². The molecule has 4 heteroatoms. The molecule has 0 saturated carbocycles. The summed E-state index contributed by atoms with van der Waals surface area (Å²) >= 11 is 6.11. The largest absolute Gasteiger partial charge is 0.493 e. The molecule has 0 aliphatic carbocycles. The second-order valence-corrected chi connectivity index (χ2v) is 5.28. The van der Waals surface area contributed by atoms with Crippen LogP contribution in [0.1, 0.15) is 16.7 Å². The Kier molecular flexibility index (Phi) is 3.90. The van der Waals surface area contributed by atoms with E-state index in [2.05, 4.69) is 5.32 Å². The zero-order chi connectivity index (χ0) is 13.9. The average molecular weight is 292 g/mol. The molecule has 1 aliphatic heterocycles. The number of fused-ring (bicyclic) bond motifs is 1. The van der Waals surface area contributed by atoms with Crippen molar-refractivity contribution in [3.05, 3.63) is 63.9 Å². The molecule has 0 atom stereocenters. The van der Waals surface area contributed by atoms with E-state index in [1.54, 1.807) is 12.1 Å². The molecule has 3 rings (SSSR count). The molecule has 2 aromatic rings. The van der Waals surface area contributed by atoms with E-state index in [1.807, 2.05) is 18.2 Å². The average Bonchev–Trinajstić information content (AvgIpc) is 2.89. The van der Waals surface area contributed by atoms with E-state index in [9.17, 15) is 4.39 Å². The van der Waals surface area contributed by atoms with E-state index in [-0.39, 0.29) is 5.82 Å². The Morgan fingerprint density at radius 3 is 2.80 bits per heavy atom. The van der Waals surface area contributed by atoms with Crippen LogP contribution in [0.25, 0.3) is 0 Å². The molecule has 104 valence electrons. The molecule has 1 N–H and O–H groups in total. The van der Waals surface area contributed by atoms with Gasteiger partial charge in [0.2, 0.25) is 0 Å². The Labute approximate surface area is 122 Å². The maximum absolute atomic E-state index is 13.5. The van der Waals surface area contributed by atoms with Gasteiger partial charge in [0, 0.05) is 35.7 Å². The Bertz CT molecular complexity index is 630. The standard InChI is InChI=1S/C16H15ClFNO/c17-14-7-11-5-6-20-16(11)13(8-14)10-19-9-12-3-1-2-4-15(12)18/h1-4,7-8,19H,5-6,9-10H2. The maximum atomic E-state index is 13.5. The number of benzene rings is 2. The molecule has 1 aliphatic rings. The predicted octanol–water partition coefficient (Wildman–Crippen LogP) is 3.70. The van der Waals surface area contributed by atoms with Crippen LogP contribution in [0.5, 0.6) is 5.75 Å². The van der Waals surface area contributed by atoms with Gasteiger partial charge in [-0.3, -0.25) is 0 Å². The minimum atomic E-state index is -0.187. The Morgan fingerprint density at radius 1 is 1.15 bits per heavy atom. The number of halogens is 2. The van der Waals surface area contributed by atoms with E-state index >= 15 is 0 Å². The van der Waals surface area contributed by atoms with Crippen molar-refractivity contribution in [1.82, 2.24) is 5.32 Å². The molecule has 0 fully saturated rings. The molecular formula is C16H15ClFNO. The van der Waals surface area contributed by atoms with Gasteiger partial charge in [-0.05, 0) is 23.8 Å². The summed E-state index contributed by atoms with van der Waals surface area (Å²) in [5.41, 5.74) is 2.84. The van der Waals surface area contributed by atoms with Gasteiger partial charge in [0.25, 0.3) is 0 Å². The van der Waals surface area contributed by atoms with Crippen molar-refractivity contribution in [2.75, 3.05) is 6.61 Å². The minimum absolute atomic E-state index is 0.187.